The molecule has 5 rings (SSSR count). The Morgan fingerprint density at radius 1 is 1.14 bits per heavy atom. The lowest BCUT2D eigenvalue weighted by molar-refractivity contribution is -0.0801. The van der Waals surface area contributed by atoms with Crippen molar-refractivity contribution in [1.82, 2.24) is 4.98 Å². The van der Waals surface area contributed by atoms with E-state index in [1.165, 1.54) is 0 Å². The van der Waals surface area contributed by atoms with Crippen molar-refractivity contribution in [2.45, 2.75) is 83.6 Å². The summed E-state index contributed by atoms with van der Waals surface area (Å²) in [6.07, 6.45) is 9.94. The molecule has 1 saturated heterocycles. The van der Waals surface area contributed by atoms with Gasteiger partial charge < -0.3 is 19.2 Å². The Bertz CT molecular complexity index is 1140. The minimum atomic E-state index is -0.598. The molecule has 0 unspecified atom stereocenters. The maximum atomic E-state index is 13.1. The van der Waals surface area contributed by atoms with Crippen LogP contribution >= 0.6 is 11.6 Å². The topological polar surface area (TPSA) is 88.5 Å². The van der Waals surface area contributed by atoms with Crippen molar-refractivity contribution in [3.63, 3.8) is 0 Å². The molecule has 1 saturated carbocycles. The highest BCUT2D eigenvalue weighted by molar-refractivity contribution is 6.34. The summed E-state index contributed by atoms with van der Waals surface area (Å²) in [5, 5.41) is 11.4. The Hall–Kier alpha value is -2.16. The third kappa shape index (κ3) is 5.49. The highest BCUT2D eigenvalue weighted by Gasteiger charge is 2.32. The SMILES string of the molecule is CC(C)(C)OC(=O)N1CC=C(Cl)C=c2[nH]c3c(c21)CN=NC=3[C@H]1CC[C@H](OC2CCOCC2)CC1. The average molecular weight is 503 g/mol. The van der Waals surface area contributed by atoms with E-state index in [9.17, 15) is 4.79 Å². The largest absolute Gasteiger partial charge is 0.443 e. The predicted octanol–water partition coefficient (Wildman–Crippen LogP) is 4.50. The third-order valence-electron chi connectivity index (χ3n) is 7.01. The summed E-state index contributed by atoms with van der Waals surface area (Å²) in [6, 6.07) is 0. The molecule has 1 aliphatic carbocycles. The number of carbonyl (C=O) groups excluding carboxylic acids is 1. The quantitative estimate of drug-likeness (QED) is 0.659. The zero-order chi connectivity index (χ0) is 24.6. The van der Waals surface area contributed by atoms with Gasteiger partial charge in [-0.25, -0.2) is 4.79 Å². The van der Waals surface area contributed by atoms with Crippen molar-refractivity contribution in [3.8, 4) is 0 Å². The van der Waals surface area contributed by atoms with E-state index in [2.05, 4.69) is 15.2 Å². The molecule has 2 fully saturated rings. The maximum absolute atomic E-state index is 13.1. The van der Waals surface area contributed by atoms with Gasteiger partial charge in [-0.2, -0.15) is 10.2 Å². The lowest BCUT2D eigenvalue weighted by Crippen LogP contribution is -2.39. The van der Waals surface area contributed by atoms with E-state index in [0.717, 1.165) is 79.4 Å². The fraction of sp³-hybridized carbons (Fsp3) is 0.654. The normalized spacial score (nSPS) is 25.3. The number of amides is 1. The molecule has 1 amide bonds. The first-order valence-corrected chi connectivity index (χ1v) is 13.1. The number of allylic oxidation sites excluding steroid dienone is 1. The summed E-state index contributed by atoms with van der Waals surface area (Å²) in [5.74, 6) is 0.302. The number of ether oxygens (including phenoxy) is 3. The summed E-state index contributed by atoms with van der Waals surface area (Å²) in [6.45, 7) is 7.96. The minimum absolute atomic E-state index is 0.301. The van der Waals surface area contributed by atoms with Crippen LogP contribution in [0.2, 0.25) is 0 Å². The maximum Gasteiger partial charge on any atom is 0.415 e. The van der Waals surface area contributed by atoms with Crippen molar-refractivity contribution in [2.24, 2.45) is 16.1 Å². The summed E-state index contributed by atoms with van der Waals surface area (Å²) < 4.78 is 17.5. The Kier molecular flexibility index (Phi) is 7.06. The number of anilines is 1. The van der Waals surface area contributed by atoms with Crippen molar-refractivity contribution in [3.05, 3.63) is 27.4 Å². The molecule has 1 aromatic rings. The molecular weight excluding hydrogens is 468 g/mol. The molecule has 4 heterocycles. The van der Waals surface area contributed by atoms with Crippen molar-refractivity contribution < 1.29 is 19.0 Å². The van der Waals surface area contributed by atoms with Gasteiger partial charge in [0.1, 0.15) is 5.60 Å². The number of hydrogen-bond donors (Lipinski definition) is 1. The van der Waals surface area contributed by atoms with E-state index in [-0.39, 0.29) is 0 Å². The number of hydrogen-bond acceptors (Lipinski definition) is 6. The van der Waals surface area contributed by atoms with E-state index < -0.39 is 11.7 Å². The van der Waals surface area contributed by atoms with Gasteiger partial charge in [0, 0.05) is 36.3 Å². The number of rotatable bonds is 3. The Morgan fingerprint density at radius 2 is 1.86 bits per heavy atom. The van der Waals surface area contributed by atoms with Crippen LogP contribution in [0.4, 0.5) is 10.5 Å². The Morgan fingerprint density at radius 3 is 2.57 bits per heavy atom. The van der Waals surface area contributed by atoms with E-state index >= 15 is 0 Å². The molecule has 4 aliphatic rings. The molecule has 190 valence electrons. The van der Waals surface area contributed by atoms with Crippen LogP contribution in [0.3, 0.4) is 0 Å². The van der Waals surface area contributed by atoms with Crippen molar-refractivity contribution in [1.29, 1.82) is 0 Å². The van der Waals surface area contributed by atoms with Crippen LogP contribution in [-0.4, -0.2) is 48.6 Å². The van der Waals surface area contributed by atoms with Gasteiger partial charge in [-0.05, 0) is 71.4 Å². The Balaban J connectivity index is 1.42. The van der Waals surface area contributed by atoms with Gasteiger partial charge in [0.15, 0.2) is 0 Å². The van der Waals surface area contributed by atoms with Crippen molar-refractivity contribution in [2.75, 3.05) is 24.7 Å². The van der Waals surface area contributed by atoms with E-state index in [1.54, 1.807) is 4.90 Å². The number of nitrogens with zero attached hydrogens (tertiary/aromatic N) is 3. The zero-order valence-corrected chi connectivity index (χ0v) is 21.6. The first-order chi connectivity index (χ1) is 16.8. The molecule has 0 radical (unpaired) electrons. The second-order valence-corrected chi connectivity index (χ2v) is 11.2. The fourth-order valence-electron chi connectivity index (χ4n) is 5.36. The predicted molar refractivity (Wildman–Crippen MR) is 135 cm³/mol. The lowest BCUT2D eigenvalue weighted by Gasteiger charge is -2.33. The monoisotopic (exact) mass is 502 g/mol. The van der Waals surface area contributed by atoms with E-state index in [4.69, 9.17) is 25.8 Å². The molecule has 35 heavy (non-hydrogen) atoms. The fourth-order valence-corrected chi connectivity index (χ4v) is 5.54. The van der Waals surface area contributed by atoms with E-state index in [1.807, 2.05) is 32.9 Å². The van der Waals surface area contributed by atoms with Crippen LogP contribution in [0.15, 0.2) is 21.3 Å². The number of aromatic nitrogens is 1. The molecule has 0 atom stereocenters. The number of nitrogens with one attached hydrogen (secondary N) is 1. The first kappa shape index (κ1) is 24.5. The second kappa shape index (κ2) is 10.1. The Labute approximate surface area is 211 Å². The number of aromatic amines is 1. The molecule has 9 heteroatoms. The van der Waals surface area contributed by atoms with E-state index in [0.29, 0.717) is 36.2 Å². The molecule has 0 spiro atoms. The molecule has 0 aromatic carbocycles. The minimum Gasteiger partial charge on any atom is -0.443 e. The number of azo groups is 1. The van der Waals surface area contributed by atoms with Crippen LogP contribution in [-0.2, 0) is 20.8 Å². The van der Waals surface area contributed by atoms with Gasteiger partial charge in [-0.1, -0.05) is 11.6 Å². The molecule has 0 bridgehead atoms. The third-order valence-corrected chi connectivity index (χ3v) is 7.28. The molecule has 3 aliphatic heterocycles. The van der Waals surface area contributed by atoms with Gasteiger partial charge >= 0.3 is 6.09 Å². The standard InChI is InChI=1S/C26H35ClN4O4/c1-26(2,3)35-25(32)31-11-8-17(27)14-21-24(31)20-15-28-30-22(23(20)29-21)16-4-6-18(7-5-16)34-19-9-12-33-13-10-19/h8,14,16,18-19,29H,4-7,9-13,15H2,1-3H3/t16-,18-. The summed E-state index contributed by atoms with van der Waals surface area (Å²) in [5.41, 5.74) is 2.14. The molecule has 1 aromatic heterocycles. The number of fused-ring (bicyclic) bond motifs is 3. The number of carbonyl (C=O) groups is 1. The zero-order valence-electron chi connectivity index (χ0n) is 20.8. The summed E-state index contributed by atoms with van der Waals surface area (Å²) >= 11 is 6.43. The van der Waals surface area contributed by atoms with Crippen LogP contribution < -0.4 is 15.6 Å². The van der Waals surface area contributed by atoms with Crippen LogP contribution in [0.5, 0.6) is 0 Å². The summed E-state index contributed by atoms with van der Waals surface area (Å²) in [7, 11) is 0. The highest BCUT2D eigenvalue weighted by Crippen LogP contribution is 2.35. The van der Waals surface area contributed by atoms with Crippen LogP contribution in [0.25, 0.3) is 11.8 Å². The number of halogens is 1. The van der Waals surface area contributed by atoms with Crippen LogP contribution in [0.1, 0.15) is 64.9 Å². The smallest absolute Gasteiger partial charge is 0.415 e. The van der Waals surface area contributed by atoms with Crippen LogP contribution in [0, 0.1) is 5.92 Å². The second-order valence-electron chi connectivity index (χ2n) is 10.8. The molecule has 1 N–H and O–H groups in total. The van der Waals surface area contributed by atoms with Gasteiger partial charge in [-0.3, -0.25) is 4.90 Å². The van der Waals surface area contributed by atoms with Gasteiger partial charge in [0.05, 0.1) is 40.8 Å². The van der Waals surface area contributed by atoms with Gasteiger partial charge in [0.25, 0.3) is 0 Å². The lowest BCUT2D eigenvalue weighted by atomic mass is 9.84. The molecule has 8 nitrogen and oxygen atoms in total. The number of H-pyrrole nitrogens is 1. The average Bonchev–Trinajstić information content (AvgIpc) is 3.08. The van der Waals surface area contributed by atoms with Crippen molar-refractivity contribution >= 4 is 35.2 Å². The highest BCUT2D eigenvalue weighted by atomic mass is 35.5. The first-order valence-electron chi connectivity index (χ1n) is 12.7. The van der Waals surface area contributed by atoms with Gasteiger partial charge in [-0.15, -0.1) is 0 Å². The summed E-state index contributed by atoms with van der Waals surface area (Å²) in [4.78, 5) is 18.3. The molecular formula is C26H35ClN4O4. The van der Waals surface area contributed by atoms with Gasteiger partial charge in [0.2, 0.25) is 0 Å².